The summed E-state index contributed by atoms with van der Waals surface area (Å²) in [6, 6.07) is 16.0. The van der Waals surface area contributed by atoms with Gasteiger partial charge in [0.15, 0.2) is 0 Å². The third-order valence-electron chi connectivity index (χ3n) is 3.44. The van der Waals surface area contributed by atoms with Gasteiger partial charge < -0.3 is 9.73 Å². The van der Waals surface area contributed by atoms with E-state index in [1.165, 1.54) is 6.07 Å². The molecule has 0 atom stereocenters. The first-order chi connectivity index (χ1) is 12.4. The molecule has 8 nitrogen and oxygen atoms in total. The van der Waals surface area contributed by atoms with Crippen molar-refractivity contribution in [2.45, 2.75) is 5.09 Å². The van der Waals surface area contributed by atoms with E-state index >= 15 is 0 Å². The van der Waals surface area contributed by atoms with Gasteiger partial charge in [0, 0.05) is 5.69 Å². The zero-order chi connectivity index (χ0) is 18.6. The van der Waals surface area contributed by atoms with E-state index in [4.69, 9.17) is 8.97 Å². The average molecular weight is 373 g/mol. The van der Waals surface area contributed by atoms with Crippen molar-refractivity contribution in [1.29, 1.82) is 0 Å². The maximum Gasteiger partial charge on any atom is 0.328 e. The second-order valence-corrected chi connectivity index (χ2v) is 6.69. The minimum absolute atomic E-state index is 0.00407. The Kier molecular flexibility index (Phi) is 5.01. The summed E-state index contributed by atoms with van der Waals surface area (Å²) in [5.41, 5.74) is 3.08. The first-order valence-corrected chi connectivity index (χ1v) is 8.98. The maximum absolute atomic E-state index is 11.8. The highest BCUT2D eigenvalue weighted by Gasteiger charge is 2.14. The summed E-state index contributed by atoms with van der Waals surface area (Å²) >= 11 is 0. The number of nitrogens with one attached hydrogen (secondary N) is 2. The van der Waals surface area contributed by atoms with E-state index < -0.39 is 21.1 Å². The number of rotatable bonds is 6. The molecule has 3 N–H and O–H groups in total. The normalized spacial score (nSPS) is 11.7. The molecule has 1 heterocycles. The first-order valence-electron chi connectivity index (χ1n) is 7.54. The van der Waals surface area contributed by atoms with E-state index in [0.717, 1.165) is 28.7 Å². The van der Waals surface area contributed by atoms with Crippen LogP contribution in [0, 0.1) is 0 Å². The van der Waals surface area contributed by atoms with E-state index in [1.807, 2.05) is 42.5 Å². The zero-order valence-electron chi connectivity index (χ0n) is 13.4. The van der Waals surface area contributed by atoms with Crippen molar-refractivity contribution in [3.8, 4) is 0 Å². The minimum atomic E-state index is -4.40. The molecule has 0 unspecified atom stereocenters. The largest absolute Gasteiger partial charge is 0.441 e. The van der Waals surface area contributed by atoms with Gasteiger partial charge in [-0.25, -0.2) is 5.43 Å². The Morgan fingerprint density at radius 1 is 1.12 bits per heavy atom. The molecule has 0 aliphatic carbocycles. The Labute approximate surface area is 149 Å². The number of benzene rings is 2. The van der Waals surface area contributed by atoms with Crippen molar-refractivity contribution in [3.63, 3.8) is 0 Å². The number of carbonyl (C=O) groups is 1. The Bertz CT molecular complexity index is 1070. The van der Waals surface area contributed by atoms with Gasteiger partial charge in [0.1, 0.15) is 5.76 Å². The van der Waals surface area contributed by atoms with Crippen molar-refractivity contribution in [2.24, 2.45) is 5.10 Å². The van der Waals surface area contributed by atoms with Crippen LogP contribution in [0.25, 0.3) is 10.8 Å². The van der Waals surface area contributed by atoms with Crippen molar-refractivity contribution in [2.75, 3.05) is 11.9 Å². The topological polar surface area (TPSA) is 121 Å². The third kappa shape index (κ3) is 4.47. The fourth-order valence-corrected chi connectivity index (χ4v) is 2.67. The molecule has 0 saturated carbocycles. The average Bonchev–Trinajstić information content (AvgIpc) is 3.09. The smallest absolute Gasteiger partial charge is 0.328 e. The lowest BCUT2D eigenvalue weighted by Crippen LogP contribution is -2.25. The second kappa shape index (κ2) is 7.38. The van der Waals surface area contributed by atoms with Gasteiger partial charge in [0.05, 0.1) is 12.8 Å². The van der Waals surface area contributed by atoms with Crippen molar-refractivity contribution in [3.05, 3.63) is 60.4 Å². The molecule has 0 radical (unpaired) electrons. The molecule has 0 spiro atoms. The van der Waals surface area contributed by atoms with E-state index in [9.17, 15) is 13.2 Å². The molecule has 0 aliphatic rings. The van der Waals surface area contributed by atoms with Gasteiger partial charge in [-0.15, -0.1) is 0 Å². The lowest BCUT2D eigenvalue weighted by Gasteiger charge is -2.06. The number of hydrogen-bond donors (Lipinski definition) is 3. The highest BCUT2D eigenvalue weighted by atomic mass is 32.2. The van der Waals surface area contributed by atoms with Crippen LogP contribution in [0.5, 0.6) is 0 Å². The summed E-state index contributed by atoms with van der Waals surface area (Å²) in [7, 11) is -4.40. The lowest BCUT2D eigenvalue weighted by molar-refractivity contribution is -0.119. The molecule has 134 valence electrons. The number of hydrogen-bond acceptors (Lipinski definition) is 6. The van der Waals surface area contributed by atoms with Crippen LogP contribution in [0.4, 0.5) is 5.69 Å². The summed E-state index contributed by atoms with van der Waals surface area (Å²) in [6.45, 7) is 0.00407. The monoisotopic (exact) mass is 373 g/mol. The number of furan rings is 1. The number of hydrazone groups is 1. The second-order valence-electron chi connectivity index (χ2n) is 5.34. The highest BCUT2D eigenvalue weighted by Crippen LogP contribution is 2.18. The summed E-state index contributed by atoms with van der Waals surface area (Å²) in [5.74, 6) is -0.323. The van der Waals surface area contributed by atoms with Gasteiger partial charge in [-0.2, -0.15) is 13.5 Å². The highest BCUT2D eigenvalue weighted by molar-refractivity contribution is 7.85. The SMILES string of the molecule is O=C(CNc1ccc2ccccc2c1)N/N=C/c1ccc(S(=O)(=O)O)o1. The predicted octanol–water partition coefficient (Wildman–Crippen LogP) is 2.24. The fraction of sp³-hybridized carbons (Fsp3) is 0.0588. The van der Waals surface area contributed by atoms with Gasteiger partial charge in [-0.1, -0.05) is 30.3 Å². The molecule has 1 amide bonds. The summed E-state index contributed by atoms with van der Waals surface area (Å²) in [5, 5.41) is 8.22. The van der Waals surface area contributed by atoms with E-state index in [0.29, 0.717) is 0 Å². The van der Waals surface area contributed by atoms with Crippen LogP contribution in [-0.4, -0.2) is 31.6 Å². The first kappa shape index (κ1) is 17.6. The van der Waals surface area contributed by atoms with Gasteiger partial charge >= 0.3 is 10.1 Å². The number of amides is 1. The van der Waals surface area contributed by atoms with Gasteiger partial charge in [0.25, 0.3) is 5.91 Å². The van der Waals surface area contributed by atoms with Crippen molar-refractivity contribution >= 4 is 38.7 Å². The molecule has 3 aromatic rings. The Balaban J connectivity index is 1.53. The van der Waals surface area contributed by atoms with Crippen LogP contribution in [0.15, 0.2) is 69.2 Å². The minimum Gasteiger partial charge on any atom is -0.441 e. The maximum atomic E-state index is 11.8. The molecular weight excluding hydrogens is 358 g/mol. The lowest BCUT2D eigenvalue weighted by atomic mass is 10.1. The summed E-state index contributed by atoms with van der Waals surface area (Å²) < 4.78 is 35.4. The fourth-order valence-electron chi connectivity index (χ4n) is 2.23. The summed E-state index contributed by atoms with van der Waals surface area (Å²) in [4.78, 5) is 11.8. The zero-order valence-corrected chi connectivity index (χ0v) is 14.2. The summed E-state index contributed by atoms with van der Waals surface area (Å²) in [6.07, 6.45) is 1.13. The molecule has 0 fully saturated rings. The van der Waals surface area contributed by atoms with Crippen LogP contribution in [0.3, 0.4) is 0 Å². The third-order valence-corrected chi connectivity index (χ3v) is 4.17. The Hall–Kier alpha value is -3.17. The standard InChI is InChI=1S/C17H15N3O5S/c21-16(20-19-10-15-7-8-17(25-15)26(22,23)24)11-18-14-6-5-12-3-1-2-4-13(12)9-14/h1-10,18H,11H2,(H,20,21)(H,22,23,24)/b19-10+. The van der Waals surface area contributed by atoms with E-state index in [2.05, 4.69) is 15.8 Å². The molecular formula is C17H15N3O5S. The van der Waals surface area contributed by atoms with Gasteiger partial charge in [-0.05, 0) is 35.0 Å². The van der Waals surface area contributed by atoms with Crippen molar-refractivity contribution in [1.82, 2.24) is 5.43 Å². The van der Waals surface area contributed by atoms with Crippen LogP contribution >= 0.6 is 0 Å². The number of nitrogens with zero attached hydrogens (tertiary/aromatic N) is 1. The quantitative estimate of drug-likeness (QED) is 0.346. The van der Waals surface area contributed by atoms with Crippen LogP contribution in [-0.2, 0) is 14.9 Å². The number of fused-ring (bicyclic) bond motifs is 1. The molecule has 0 aliphatic heterocycles. The van der Waals surface area contributed by atoms with Crippen LogP contribution < -0.4 is 10.7 Å². The number of carbonyl (C=O) groups excluding carboxylic acids is 1. The van der Waals surface area contributed by atoms with Crippen LogP contribution in [0.2, 0.25) is 0 Å². The molecule has 1 aromatic heterocycles. The molecule has 26 heavy (non-hydrogen) atoms. The molecule has 3 rings (SSSR count). The molecule has 2 aromatic carbocycles. The predicted molar refractivity (Wildman–Crippen MR) is 96.7 cm³/mol. The number of anilines is 1. The Morgan fingerprint density at radius 2 is 1.88 bits per heavy atom. The van der Waals surface area contributed by atoms with Gasteiger partial charge in [0.2, 0.25) is 5.09 Å². The molecule has 9 heteroatoms. The van der Waals surface area contributed by atoms with E-state index in [-0.39, 0.29) is 12.3 Å². The molecule has 0 saturated heterocycles. The Morgan fingerprint density at radius 3 is 2.62 bits per heavy atom. The van der Waals surface area contributed by atoms with Crippen molar-refractivity contribution < 1.29 is 22.2 Å². The van der Waals surface area contributed by atoms with E-state index in [1.54, 1.807) is 0 Å². The van der Waals surface area contributed by atoms with Gasteiger partial charge in [-0.3, -0.25) is 9.35 Å². The van der Waals surface area contributed by atoms with Crippen LogP contribution in [0.1, 0.15) is 5.76 Å². The molecule has 0 bridgehead atoms.